The summed E-state index contributed by atoms with van der Waals surface area (Å²) < 4.78 is 30.2. The molecular weight excluding hydrogens is 1680 g/mol. The van der Waals surface area contributed by atoms with Crippen LogP contribution in [0, 0.1) is 7.14 Å². The van der Waals surface area contributed by atoms with Gasteiger partial charge in [0.15, 0.2) is 0 Å². The van der Waals surface area contributed by atoms with Crippen molar-refractivity contribution in [1.29, 1.82) is 0 Å². The Labute approximate surface area is 713 Å². The van der Waals surface area contributed by atoms with Crippen LogP contribution in [-0.4, -0.2) is 135 Å². The third-order valence-corrected chi connectivity index (χ3v) is 18.5. The molecule has 100 heavy (non-hydrogen) atoms. The van der Waals surface area contributed by atoms with Crippen molar-refractivity contribution in [3.8, 4) is 11.1 Å². The summed E-state index contributed by atoms with van der Waals surface area (Å²) in [6.07, 6.45) is 6.03. The molecule has 532 valence electrons. The van der Waals surface area contributed by atoms with Gasteiger partial charge in [-0.15, -0.1) is 0 Å². The largest absolute Gasteiger partial charge is 1.00 e. The molecule has 3 aliphatic heterocycles. The maximum atomic E-state index is 13.3. The van der Waals surface area contributed by atoms with Gasteiger partial charge in [0.05, 0.1) is 54.3 Å². The maximum Gasteiger partial charge on any atom is 1.00 e. The molecule has 0 aliphatic carbocycles. The molecule has 2 amide bonds. The van der Waals surface area contributed by atoms with E-state index in [0.717, 1.165) is 50.4 Å². The van der Waals surface area contributed by atoms with E-state index in [1.807, 2.05) is 169 Å². The summed E-state index contributed by atoms with van der Waals surface area (Å²) in [6.45, 7) is 20.8. The second kappa shape index (κ2) is 42.9. The minimum atomic E-state index is -1.00. The first-order chi connectivity index (χ1) is 46.2. The summed E-state index contributed by atoms with van der Waals surface area (Å²) in [5.41, 5.74) is 1.64. The molecule has 0 radical (unpaired) electrons. The van der Waals surface area contributed by atoms with Crippen LogP contribution in [0.5, 0.6) is 0 Å². The first-order valence-electron chi connectivity index (χ1n) is 31.8. The third kappa shape index (κ3) is 27.7. The molecular formula is C72H91BI3K2N5O17. The number of rotatable bonds is 18. The number of aliphatic hydroxyl groups is 5. The van der Waals surface area contributed by atoms with Gasteiger partial charge in [-0.1, -0.05) is 132 Å². The minimum Gasteiger partial charge on any atom is -1.00 e. The number of H-pyrrole nitrogens is 1. The molecule has 0 unspecified atom stereocenters. The van der Waals surface area contributed by atoms with Crippen LogP contribution in [0.2, 0.25) is 0 Å². The summed E-state index contributed by atoms with van der Waals surface area (Å²) >= 11 is 6.26. The Kier molecular flexibility index (Phi) is 39.1. The molecule has 0 spiro atoms. The fourth-order valence-electron chi connectivity index (χ4n) is 11.2. The van der Waals surface area contributed by atoms with Crippen molar-refractivity contribution in [2.24, 2.45) is 0 Å². The zero-order valence-electron chi connectivity index (χ0n) is 59.9. The SMILES string of the molecule is C[C@@H](c1ccc(-c2ccn(CCO)c(=O)c2)cc1)N1CC[C@](CC(C)(C)O)(c2ccccc2)OC1=O.C[C@@H](c1ccc(B2OC(C)(C)C(C)(C)O2)cc1)N1CC[C@](CC(C)(C)O)(c2ccccc2)OC1=O.O=CO[O-].O=c1cc(I)cc[nH]1.O=c1cc(I)ccn1CCO.OCCI.[H-].[K+].[K+]. The van der Waals surface area contributed by atoms with Gasteiger partial charge in [-0.2, -0.15) is 0 Å². The molecule has 4 atom stereocenters. The van der Waals surface area contributed by atoms with Crippen LogP contribution in [0.4, 0.5) is 9.59 Å². The summed E-state index contributed by atoms with van der Waals surface area (Å²) in [5, 5.41) is 55.1. The van der Waals surface area contributed by atoms with Gasteiger partial charge in [0.2, 0.25) is 5.56 Å². The number of aromatic amines is 1. The monoisotopic (exact) mass is 1770 g/mol. The predicted molar refractivity (Wildman–Crippen MR) is 400 cm³/mol. The number of alkyl halides is 1. The Morgan fingerprint density at radius 3 is 1.35 bits per heavy atom. The van der Waals surface area contributed by atoms with E-state index in [4.69, 9.17) is 44.2 Å². The number of hydrogen-bond acceptors (Lipinski definition) is 17. The molecule has 28 heteroatoms. The minimum absolute atomic E-state index is 0. The van der Waals surface area contributed by atoms with Gasteiger partial charge >= 0.3 is 122 Å². The van der Waals surface area contributed by atoms with Gasteiger partial charge in [0, 0.05) is 100 Å². The van der Waals surface area contributed by atoms with Gasteiger partial charge in [-0.25, -0.2) is 9.59 Å². The number of carbonyl (C=O) groups is 3. The number of cyclic esters (lactones) is 2. The first-order valence-corrected chi connectivity index (χ1v) is 35.5. The number of hydrogen-bond donors (Lipinski definition) is 6. The van der Waals surface area contributed by atoms with E-state index in [1.165, 1.54) is 15.2 Å². The van der Waals surface area contributed by atoms with Crippen molar-refractivity contribution in [2.75, 3.05) is 37.3 Å². The molecule has 7 aromatic rings. The summed E-state index contributed by atoms with van der Waals surface area (Å²) in [6, 6.07) is 45.0. The van der Waals surface area contributed by atoms with Gasteiger partial charge in [-0.05, 0) is 171 Å². The Hall–Kier alpha value is -3.05. The number of aliphatic hydroxyl groups excluding tert-OH is 3. The number of nitrogens with one attached hydrogen (secondary N) is 1. The maximum absolute atomic E-state index is 13.3. The van der Waals surface area contributed by atoms with Crippen LogP contribution < -0.4 is 130 Å². The fraction of sp³-hybridized carbons (Fsp3) is 0.417. The van der Waals surface area contributed by atoms with Crippen LogP contribution in [-0.2, 0) is 52.8 Å². The van der Waals surface area contributed by atoms with Crippen molar-refractivity contribution >= 4 is 99.0 Å². The van der Waals surface area contributed by atoms with Crippen LogP contribution in [0.1, 0.15) is 131 Å². The van der Waals surface area contributed by atoms with Gasteiger partial charge < -0.3 is 79.8 Å². The molecule has 3 aliphatic rings. The Morgan fingerprint density at radius 1 is 0.610 bits per heavy atom. The van der Waals surface area contributed by atoms with Crippen LogP contribution >= 0.6 is 67.8 Å². The van der Waals surface area contributed by atoms with Crippen molar-refractivity contribution in [3.63, 3.8) is 0 Å². The number of halogens is 3. The number of nitrogens with zero attached hydrogens (tertiary/aromatic N) is 4. The Bertz CT molecular complexity index is 3820. The van der Waals surface area contributed by atoms with Crippen molar-refractivity contribution in [3.05, 3.63) is 225 Å². The molecule has 10 rings (SSSR count). The van der Waals surface area contributed by atoms with Gasteiger partial charge in [0.25, 0.3) is 17.6 Å². The topological polar surface area (TPSA) is 305 Å². The molecule has 3 aromatic heterocycles. The van der Waals surface area contributed by atoms with Crippen molar-refractivity contribution in [1.82, 2.24) is 23.9 Å². The number of carbonyl (C=O) groups excluding carboxylic acids is 3. The number of aromatic nitrogens is 3. The molecule has 3 saturated heterocycles. The number of pyridine rings is 3. The molecule has 6 N–H and O–H groups in total. The van der Waals surface area contributed by atoms with Crippen molar-refractivity contribution in [2.45, 2.75) is 154 Å². The van der Waals surface area contributed by atoms with Crippen LogP contribution in [0.15, 0.2) is 179 Å². The molecule has 3 fully saturated rings. The second-order valence-electron chi connectivity index (χ2n) is 25.8. The molecule has 0 saturated carbocycles. The van der Waals surface area contributed by atoms with Crippen molar-refractivity contribution < 1.29 is 173 Å². The summed E-state index contributed by atoms with van der Waals surface area (Å²) in [7, 11) is -0.419. The second-order valence-corrected chi connectivity index (χ2v) is 29.4. The zero-order valence-corrected chi connectivity index (χ0v) is 71.7. The van der Waals surface area contributed by atoms with E-state index >= 15 is 0 Å². The quantitative estimate of drug-likeness (QED) is 0.0178. The van der Waals surface area contributed by atoms with Crippen LogP contribution in [0.3, 0.4) is 0 Å². The number of amides is 2. The first kappa shape index (κ1) is 91.2. The molecule has 22 nitrogen and oxygen atoms in total. The molecule has 0 bridgehead atoms. The summed E-state index contributed by atoms with van der Waals surface area (Å²) in [5.74, 6) is 0. The molecule has 4 aromatic carbocycles. The Balaban J connectivity index is 0.000000492. The molecule has 6 heterocycles. The third-order valence-electron chi connectivity index (χ3n) is 16.7. The smallest absolute Gasteiger partial charge is 1.00 e. The fourth-order valence-corrected chi connectivity index (χ4v) is 12.1. The zero-order chi connectivity index (χ0) is 72.7. The number of ether oxygens (including phenoxy) is 2. The predicted octanol–water partition coefficient (Wildman–Crippen LogP) is 3.81. The Morgan fingerprint density at radius 2 is 1.01 bits per heavy atom. The van der Waals surface area contributed by atoms with E-state index in [0.29, 0.717) is 51.9 Å². The van der Waals surface area contributed by atoms with E-state index < -0.39 is 46.8 Å². The van der Waals surface area contributed by atoms with E-state index in [-0.39, 0.29) is 165 Å². The van der Waals surface area contributed by atoms with E-state index in [2.05, 4.69) is 77.6 Å². The van der Waals surface area contributed by atoms with Gasteiger partial charge in [0.1, 0.15) is 11.2 Å². The summed E-state index contributed by atoms with van der Waals surface area (Å²) in [4.78, 5) is 77.5. The number of benzene rings is 4. The standard InChI is InChI=1S/C29H34N2O5.C28H38BNO5.C7H8INO2.C5H4INO.C2H5IO.CH2O3.2K.H/c1-21(22-9-11-23(12-10-22)24-13-15-30(17-18-32)26(33)19-24)31-16-14-29(36-27(31)34,20-28(2,3)35)25-7-5-4-6-8-25;1-20(21-13-15-23(16-14-21)29-34-26(4,5)27(6,7)35-29)30-18-17-28(33-24(30)31,19-25(2,3)32)22-11-9-8-10-12-22;8-6-1-2-9(3-4-10)7(11)5-6;6-4-1-2-7-5(8)3-4;3-1-2-4;2-1-4-3;;;/h4-13,15,19,21,32,35H,14,16-18,20H2,1-3H3;8-16,20,32H,17-19H2,1-7H3;1-2,5,10H,3-4H2;1-3H,(H,7,8);4H,1-2H2;1,3H;;;/q;;;;;;2*+1;-1/p-1/t21-,29-;20-,28-;;;;;;;/m00......./s1. The van der Waals surface area contributed by atoms with E-state index in [1.54, 1.807) is 68.2 Å². The van der Waals surface area contributed by atoms with Crippen LogP contribution in [0.25, 0.3) is 11.1 Å². The van der Waals surface area contributed by atoms with Gasteiger partial charge in [-0.3, -0.25) is 19.2 Å². The average molecular weight is 1770 g/mol. The van der Waals surface area contributed by atoms with E-state index in [9.17, 15) is 34.2 Å². The average Bonchev–Trinajstić information content (AvgIpc) is 1.30. The normalized spacial score (nSPS) is 17.9.